The van der Waals surface area contributed by atoms with Crippen LogP contribution in [0.3, 0.4) is 0 Å². The number of carbonyl (C=O) groups excluding carboxylic acids is 1. The number of hydrogen-bond acceptors (Lipinski definition) is 4. The normalized spacial score (nSPS) is 11.6. The van der Waals surface area contributed by atoms with Crippen LogP contribution in [0.1, 0.15) is 32.0 Å². The molecule has 0 aliphatic carbocycles. The Hall–Kier alpha value is -3.72. The zero-order chi connectivity index (χ0) is 22.3. The van der Waals surface area contributed by atoms with E-state index in [9.17, 15) is 22.8 Å². The van der Waals surface area contributed by atoms with Crippen LogP contribution in [0.15, 0.2) is 60.8 Å². The topological polar surface area (TPSA) is 85.1 Å². The largest absolute Gasteiger partial charge is 0.478 e. The lowest BCUT2D eigenvalue weighted by molar-refractivity contribution is -0.137. The molecule has 0 saturated heterocycles. The highest BCUT2D eigenvalue weighted by Crippen LogP contribution is 2.36. The van der Waals surface area contributed by atoms with Gasteiger partial charge in [0.05, 0.1) is 32.8 Å². The van der Waals surface area contributed by atoms with Crippen LogP contribution in [0.4, 0.5) is 13.2 Å². The Morgan fingerprint density at radius 3 is 2.35 bits per heavy atom. The van der Waals surface area contributed by atoms with Gasteiger partial charge in [0, 0.05) is 6.20 Å². The molecule has 0 atom stereocenters. The summed E-state index contributed by atoms with van der Waals surface area (Å²) in [6.45, 7) is 0. The van der Waals surface area contributed by atoms with E-state index in [-0.39, 0.29) is 27.3 Å². The van der Waals surface area contributed by atoms with Gasteiger partial charge in [0.2, 0.25) is 5.78 Å². The van der Waals surface area contributed by atoms with Crippen molar-refractivity contribution in [2.75, 3.05) is 0 Å². The summed E-state index contributed by atoms with van der Waals surface area (Å²) in [5, 5.41) is 13.1. The molecular formula is C21H11ClF3N3O3. The molecule has 0 aliphatic heterocycles. The molecule has 156 valence electrons. The lowest BCUT2D eigenvalue weighted by Crippen LogP contribution is -2.15. The van der Waals surface area contributed by atoms with E-state index >= 15 is 0 Å². The van der Waals surface area contributed by atoms with Gasteiger partial charge in [-0.25, -0.2) is 14.5 Å². The van der Waals surface area contributed by atoms with E-state index in [0.29, 0.717) is 5.69 Å². The predicted molar refractivity (Wildman–Crippen MR) is 106 cm³/mol. The third-order valence-corrected chi connectivity index (χ3v) is 4.88. The van der Waals surface area contributed by atoms with Crippen LogP contribution in [0.25, 0.3) is 16.7 Å². The predicted octanol–water partition coefficient (Wildman–Crippen LogP) is 5.02. The number of aromatic nitrogens is 3. The Kier molecular flexibility index (Phi) is 4.98. The molecule has 4 aromatic rings. The Morgan fingerprint density at radius 1 is 1.00 bits per heavy atom. The van der Waals surface area contributed by atoms with Crippen molar-refractivity contribution in [3.63, 3.8) is 0 Å². The summed E-state index contributed by atoms with van der Waals surface area (Å²) in [5.41, 5.74) is -1.49. The number of alkyl halides is 3. The molecule has 4 rings (SSSR count). The van der Waals surface area contributed by atoms with E-state index in [2.05, 4.69) is 10.1 Å². The molecular weight excluding hydrogens is 435 g/mol. The number of rotatable bonds is 4. The number of carboxylic acid groups (broad SMARTS) is 1. The fraction of sp³-hybridized carbons (Fsp3) is 0.0476. The van der Waals surface area contributed by atoms with Crippen LogP contribution in [-0.4, -0.2) is 31.6 Å². The van der Waals surface area contributed by atoms with Gasteiger partial charge in [0.15, 0.2) is 5.65 Å². The second-order valence-corrected chi connectivity index (χ2v) is 6.88. The van der Waals surface area contributed by atoms with Gasteiger partial charge in [0.25, 0.3) is 0 Å². The fourth-order valence-corrected chi connectivity index (χ4v) is 3.41. The maximum Gasteiger partial charge on any atom is 0.417 e. The Balaban J connectivity index is 1.91. The average Bonchev–Trinajstić information content (AvgIpc) is 3.12. The number of fused-ring (bicyclic) bond motifs is 1. The van der Waals surface area contributed by atoms with Crippen molar-refractivity contribution in [3.8, 4) is 5.69 Å². The van der Waals surface area contributed by atoms with Crippen LogP contribution >= 0.6 is 11.6 Å². The molecule has 31 heavy (non-hydrogen) atoms. The average molecular weight is 446 g/mol. The zero-order valence-corrected chi connectivity index (χ0v) is 16.1. The molecule has 0 radical (unpaired) electrons. The number of halogens is 4. The van der Waals surface area contributed by atoms with Crippen molar-refractivity contribution < 1.29 is 27.9 Å². The maximum atomic E-state index is 13.5. The molecule has 6 nitrogen and oxygen atoms in total. The van der Waals surface area contributed by atoms with E-state index in [4.69, 9.17) is 16.7 Å². The fourth-order valence-electron chi connectivity index (χ4n) is 3.15. The number of aromatic carboxylic acids is 1. The number of ketones is 1. The Morgan fingerprint density at radius 2 is 1.71 bits per heavy atom. The molecule has 2 aromatic heterocycles. The molecule has 0 bridgehead atoms. The molecule has 0 fully saturated rings. The van der Waals surface area contributed by atoms with Crippen molar-refractivity contribution in [2.45, 2.75) is 6.18 Å². The highest BCUT2D eigenvalue weighted by Gasteiger charge is 2.37. The minimum atomic E-state index is -4.79. The highest BCUT2D eigenvalue weighted by atomic mass is 35.5. The van der Waals surface area contributed by atoms with Gasteiger partial charge >= 0.3 is 12.1 Å². The van der Waals surface area contributed by atoms with Crippen LogP contribution < -0.4 is 0 Å². The van der Waals surface area contributed by atoms with E-state index in [1.165, 1.54) is 53.3 Å². The first-order chi connectivity index (χ1) is 14.7. The number of carbonyl (C=O) groups is 2. The first-order valence-electron chi connectivity index (χ1n) is 8.76. The van der Waals surface area contributed by atoms with Crippen molar-refractivity contribution in [3.05, 3.63) is 88.2 Å². The minimum Gasteiger partial charge on any atom is -0.478 e. The molecule has 2 aromatic carbocycles. The van der Waals surface area contributed by atoms with Gasteiger partial charge in [-0.15, -0.1) is 0 Å². The van der Waals surface area contributed by atoms with Crippen molar-refractivity contribution in [1.82, 2.24) is 14.8 Å². The SMILES string of the molecule is O=C(O)c1ccc(-n2nc(C(=O)c3c(Cl)cccc3C(F)(F)F)c3cccnc32)cc1. The Labute approximate surface area is 177 Å². The van der Waals surface area contributed by atoms with Crippen LogP contribution in [0.5, 0.6) is 0 Å². The van der Waals surface area contributed by atoms with E-state index in [1.807, 2.05) is 0 Å². The molecule has 1 N–H and O–H groups in total. The summed E-state index contributed by atoms with van der Waals surface area (Å²) in [6.07, 6.45) is -3.35. The smallest absolute Gasteiger partial charge is 0.417 e. The summed E-state index contributed by atoms with van der Waals surface area (Å²) in [4.78, 5) is 28.4. The molecule has 0 spiro atoms. The molecule has 0 unspecified atom stereocenters. The van der Waals surface area contributed by atoms with E-state index in [0.717, 1.165) is 12.1 Å². The standard InChI is InChI=1S/C21H11ClF3N3O3/c22-15-5-1-4-14(21(23,24)25)16(15)18(29)17-13-3-2-10-26-19(13)28(27-17)12-8-6-11(7-9-12)20(30)31/h1-10H,(H,30,31). The van der Waals surface area contributed by atoms with Gasteiger partial charge in [-0.3, -0.25) is 4.79 Å². The number of benzene rings is 2. The van der Waals surface area contributed by atoms with Crippen LogP contribution in [0, 0.1) is 0 Å². The minimum absolute atomic E-state index is 0.0374. The number of pyridine rings is 1. The lowest BCUT2D eigenvalue weighted by Gasteiger charge is -2.12. The molecule has 0 amide bonds. The van der Waals surface area contributed by atoms with Gasteiger partial charge in [-0.2, -0.15) is 18.3 Å². The highest BCUT2D eigenvalue weighted by molar-refractivity contribution is 6.35. The molecule has 10 heteroatoms. The second-order valence-electron chi connectivity index (χ2n) is 6.48. The van der Waals surface area contributed by atoms with Crippen LogP contribution in [-0.2, 0) is 6.18 Å². The van der Waals surface area contributed by atoms with Gasteiger partial charge in [-0.05, 0) is 48.5 Å². The third kappa shape index (κ3) is 3.64. The first kappa shape index (κ1) is 20.5. The van der Waals surface area contributed by atoms with Crippen LogP contribution in [0.2, 0.25) is 5.02 Å². The molecule has 2 heterocycles. The van der Waals surface area contributed by atoms with Crippen molar-refractivity contribution in [2.24, 2.45) is 0 Å². The summed E-state index contributed by atoms with van der Waals surface area (Å²) < 4.78 is 41.7. The summed E-state index contributed by atoms with van der Waals surface area (Å²) >= 11 is 5.98. The van der Waals surface area contributed by atoms with Gasteiger partial charge in [-0.1, -0.05) is 17.7 Å². The number of nitrogens with zero attached hydrogens (tertiary/aromatic N) is 3. The van der Waals surface area contributed by atoms with E-state index in [1.54, 1.807) is 0 Å². The van der Waals surface area contributed by atoms with Gasteiger partial charge in [0.1, 0.15) is 5.69 Å². The summed E-state index contributed by atoms with van der Waals surface area (Å²) in [7, 11) is 0. The van der Waals surface area contributed by atoms with Gasteiger partial charge < -0.3 is 5.11 Å². The summed E-state index contributed by atoms with van der Waals surface area (Å²) in [6, 6.07) is 11.7. The van der Waals surface area contributed by atoms with Crippen molar-refractivity contribution >= 4 is 34.4 Å². The van der Waals surface area contributed by atoms with E-state index < -0.39 is 29.1 Å². The monoisotopic (exact) mass is 445 g/mol. The Bertz CT molecular complexity index is 1330. The molecule has 0 aliphatic rings. The molecule has 0 saturated carbocycles. The maximum absolute atomic E-state index is 13.5. The zero-order valence-electron chi connectivity index (χ0n) is 15.4. The third-order valence-electron chi connectivity index (χ3n) is 4.56. The number of carboxylic acids is 1. The first-order valence-corrected chi connectivity index (χ1v) is 9.14. The number of hydrogen-bond donors (Lipinski definition) is 1. The second kappa shape index (κ2) is 7.51. The summed E-state index contributed by atoms with van der Waals surface area (Å²) in [5.74, 6) is -2.12. The quantitative estimate of drug-likeness (QED) is 0.446. The van der Waals surface area contributed by atoms with Crippen molar-refractivity contribution in [1.29, 1.82) is 0 Å². The lowest BCUT2D eigenvalue weighted by atomic mass is 10.00.